The summed E-state index contributed by atoms with van der Waals surface area (Å²) in [5, 5.41) is 11.4. The van der Waals surface area contributed by atoms with Gasteiger partial charge in [0.15, 0.2) is 0 Å². The second-order valence-electron chi connectivity index (χ2n) is 4.57. The van der Waals surface area contributed by atoms with Crippen LogP contribution in [-0.4, -0.2) is 4.92 Å². The molecular weight excluding hydrogens is 342 g/mol. The molecule has 0 radical (unpaired) electrons. The normalized spacial score (nSPS) is 12.2. The molecule has 0 aliphatic heterocycles. The molecule has 1 unspecified atom stereocenters. The Labute approximate surface area is 130 Å². The number of rotatable bonds is 4. The maximum absolute atomic E-state index is 10.6. The van der Waals surface area contributed by atoms with E-state index < -0.39 is 4.92 Å². The number of aryl methyl sites for hydroxylation is 1. The van der Waals surface area contributed by atoms with Gasteiger partial charge in [0.2, 0.25) is 0 Å². The van der Waals surface area contributed by atoms with Crippen LogP contribution in [0.15, 0.2) is 42.5 Å². The van der Waals surface area contributed by atoms with Crippen molar-refractivity contribution in [2.45, 2.75) is 18.2 Å². The second kappa shape index (κ2) is 6.37. The molecule has 0 aliphatic rings. The lowest BCUT2D eigenvalue weighted by molar-refractivity contribution is -0.384. The summed E-state index contributed by atoms with van der Waals surface area (Å²) >= 11 is 9.94. The summed E-state index contributed by atoms with van der Waals surface area (Å²) in [6.07, 6.45) is 0.723. The van der Waals surface area contributed by atoms with Gasteiger partial charge in [0.25, 0.3) is 5.69 Å². The van der Waals surface area contributed by atoms with Gasteiger partial charge < -0.3 is 0 Å². The lowest BCUT2D eigenvalue weighted by Gasteiger charge is -2.13. The first-order chi connectivity index (χ1) is 9.49. The van der Waals surface area contributed by atoms with E-state index >= 15 is 0 Å². The second-order valence-corrected chi connectivity index (χ2v) is 6.06. The number of benzene rings is 2. The summed E-state index contributed by atoms with van der Waals surface area (Å²) in [5.41, 5.74) is 3.20. The highest BCUT2D eigenvalue weighted by Crippen LogP contribution is 2.34. The summed E-state index contributed by atoms with van der Waals surface area (Å²) in [4.78, 5) is 10.3. The van der Waals surface area contributed by atoms with Gasteiger partial charge >= 0.3 is 0 Å². The van der Waals surface area contributed by atoms with Crippen molar-refractivity contribution in [1.29, 1.82) is 0 Å². The van der Waals surface area contributed by atoms with Crippen molar-refractivity contribution in [2.24, 2.45) is 0 Å². The van der Waals surface area contributed by atoms with E-state index in [0.717, 1.165) is 28.1 Å². The molecule has 0 saturated heterocycles. The van der Waals surface area contributed by atoms with Gasteiger partial charge in [0.05, 0.1) is 4.92 Å². The predicted octanol–water partition coefficient (Wildman–Crippen LogP) is 5.24. The monoisotopic (exact) mass is 353 g/mol. The van der Waals surface area contributed by atoms with E-state index in [-0.39, 0.29) is 10.5 Å². The van der Waals surface area contributed by atoms with Gasteiger partial charge in [0.1, 0.15) is 0 Å². The van der Waals surface area contributed by atoms with Crippen LogP contribution >= 0.6 is 27.5 Å². The van der Waals surface area contributed by atoms with Crippen molar-refractivity contribution < 1.29 is 4.92 Å². The number of non-ortho nitro benzene ring substituents is 1. The average molecular weight is 355 g/mol. The third-order valence-electron chi connectivity index (χ3n) is 3.12. The summed E-state index contributed by atoms with van der Waals surface area (Å²) < 4.78 is 0. The quantitative estimate of drug-likeness (QED) is 0.428. The van der Waals surface area contributed by atoms with E-state index in [0.29, 0.717) is 0 Å². The Bertz CT molecular complexity index is 628. The van der Waals surface area contributed by atoms with Crippen LogP contribution in [-0.2, 0) is 6.42 Å². The minimum Gasteiger partial charge on any atom is -0.258 e. The molecule has 0 heterocycles. The molecule has 0 fully saturated rings. The number of nitro groups is 1. The summed E-state index contributed by atoms with van der Waals surface area (Å²) in [7, 11) is 0. The molecule has 0 N–H and O–H groups in total. The highest BCUT2D eigenvalue weighted by molar-refractivity contribution is 9.09. The van der Waals surface area contributed by atoms with Crippen LogP contribution in [0.5, 0.6) is 0 Å². The first-order valence-corrected chi connectivity index (χ1v) is 7.41. The van der Waals surface area contributed by atoms with E-state index in [4.69, 9.17) is 11.6 Å². The van der Waals surface area contributed by atoms with Crippen LogP contribution in [0.2, 0.25) is 5.02 Å². The van der Waals surface area contributed by atoms with Gasteiger partial charge in [-0.05, 0) is 30.0 Å². The Kier molecular flexibility index (Phi) is 4.78. The molecule has 1 atom stereocenters. The van der Waals surface area contributed by atoms with Gasteiger partial charge in [-0.2, -0.15) is 0 Å². The molecule has 0 aliphatic carbocycles. The zero-order valence-electron chi connectivity index (χ0n) is 10.8. The minimum absolute atomic E-state index is 0.0800. The fraction of sp³-hybridized carbons (Fsp3) is 0.200. The van der Waals surface area contributed by atoms with Gasteiger partial charge in [-0.3, -0.25) is 10.1 Å². The smallest absolute Gasteiger partial charge is 0.258 e. The van der Waals surface area contributed by atoms with E-state index in [1.165, 1.54) is 12.1 Å². The van der Waals surface area contributed by atoms with Crippen LogP contribution in [0, 0.1) is 17.0 Å². The summed E-state index contributed by atoms with van der Waals surface area (Å²) in [5.74, 6) is 0. The van der Waals surface area contributed by atoms with Crippen molar-refractivity contribution in [3.8, 4) is 0 Å². The molecule has 0 spiro atoms. The highest BCUT2D eigenvalue weighted by atomic mass is 79.9. The van der Waals surface area contributed by atoms with Crippen molar-refractivity contribution in [1.82, 2.24) is 0 Å². The zero-order valence-corrected chi connectivity index (χ0v) is 13.2. The number of hydrogen-bond acceptors (Lipinski definition) is 2. The van der Waals surface area contributed by atoms with Gasteiger partial charge in [-0.15, -0.1) is 0 Å². The van der Waals surface area contributed by atoms with E-state index in [9.17, 15) is 10.1 Å². The Balaban J connectivity index is 2.17. The maximum atomic E-state index is 10.6. The first-order valence-electron chi connectivity index (χ1n) is 6.11. The largest absolute Gasteiger partial charge is 0.269 e. The average Bonchev–Trinajstić information content (AvgIpc) is 2.42. The SMILES string of the molecule is Cc1cccc(C(Br)Cc2ccc([N+](=O)[O-])cc2)c1Cl. The van der Waals surface area contributed by atoms with Crippen LogP contribution in [0.4, 0.5) is 5.69 Å². The number of alkyl halides is 1. The lowest BCUT2D eigenvalue weighted by Crippen LogP contribution is -1.98. The van der Waals surface area contributed by atoms with Crippen LogP contribution in [0.3, 0.4) is 0 Å². The fourth-order valence-corrected chi connectivity index (χ4v) is 3.13. The van der Waals surface area contributed by atoms with Crippen LogP contribution in [0.1, 0.15) is 21.5 Å². The zero-order chi connectivity index (χ0) is 14.7. The van der Waals surface area contributed by atoms with Gasteiger partial charge in [0, 0.05) is 22.0 Å². The Hall–Kier alpha value is -1.39. The van der Waals surface area contributed by atoms with Crippen molar-refractivity contribution in [3.63, 3.8) is 0 Å². The third-order valence-corrected chi connectivity index (χ3v) is 4.45. The molecule has 104 valence electrons. The van der Waals surface area contributed by atoms with E-state index in [1.807, 2.05) is 25.1 Å². The van der Waals surface area contributed by atoms with Crippen LogP contribution in [0.25, 0.3) is 0 Å². The molecule has 0 bridgehead atoms. The van der Waals surface area contributed by atoms with Crippen molar-refractivity contribution in [2.75, 3.05) is 0 Å². The summed E-state index contributed by atoms with van der Waals surface area (Å²) in [6.45, 7) is 1.97. The van der Waals surface area contributed by atoms with Gasteiger partial charge in [-0.1, -0.05) is 57.9 Å². The topological polar surface area (TPSA) is 43.1 Å². The molecule has 20 heavy (non-hydrogen) atoms. The maximum Gasteiger partial charge on any atom is 0.269 e. The Morgan fingerprint density at radius 2 is 1.90 bits per heavy atom. The standard InChI is InChI=1S/C15H13BrClNO2/c1-10-3-2-4-13(15(10)17)14(16)9-11-5-7-12(8-6-11)18(19)20/h2-8,14H,9H2,1H3. The first kappa shape index (κ1) is 15.0. The van der Waals surface area contributed by atoms with E-state index in [1.54, 1.807) is 12.1 Å². The molecule has 2 aromatic carbocycles. The molecule has 2 rings (SSSR count). The predicted molar refractivity (Wildman–Crippen MR) is 84.7 cm³/mol. The Morgan fingerprint density at radius 3 is 2.50 bits per heavy atom. The van der Waals surface area contributed by atoms with E-state index in [2.05, 4.69) is 15.9 Å². The fourth-order valence-electron chi connectivity index (χ4n) is 1.98. The number of hydrogen-bond donors (Lipinski definition) is 0. The molecule has 0 aromatic heterocycles. The minimum atomic E-state index is -0.396. The van der Waals surface area contributed by atoms with Crippen LogP contribution < -0.4 is 0 Å². The lowest BCUT2D eigenvalue weighted by atomic mass is 10.0. The molecule has 0 amide bonds. The molecule has 0 saturated carbocycles. The Morgan fingerprint density at radius 1 is 1.25 bits per heavy atom. The number of halogens is 2. The number of nitro benzene ring substituents is 1. The number of nitrogens with zero attached hydrogens (tertiary/aromatic N) is 1. The molecular formula is C15H13BrClNO2. The highest BCUT2D eigenvalue weighted by Gasteiger charge is 2.14. The van der Waals surface area contributed by atoms with Crippen molar-refractivity contribution in [3.05, 3.63) is 74.3 Å². The molecule has 3 nitrogen and oxygen atoms in total. The van der Waals surface area contributed by atoms with Crippen molar-refractivity contribution >= 4 is 33.2 Å². The molecule has 2 aromatic rings. The summed E-state index contributed by atoms with van der Waals surface area (Å²) in [6, 6.07) is 12.5. The van der Waals surface area contributed by atoms with Gasteiger partial charge in [-0.25, -0.2) is 0 Å². The third kappa shape index (κ3) is 3.38. The molecule has 5 heteroatoms.